The number of sulfonamides is 1. The molecule has 0 bridgehead atoms. The van der Waals surface area contributed by atoms with Gasteiger partial charge in [0.15, 0.2) is 0 Å². The number of para-hydroxylation sites is 2. The number of fused-ring (bicyclic) bond motifs is 1. The summed E-state index contributed by atoms with van der Waals surface area (Å²) in [6, 6.07) is 19.5. The van der Waals surface area contributed by atoms with E-state index in [4.69, 9.17) is 23.2 Å². The van der Waals surface area contributed by atoms with Crippen LogP contribution in [0.25, 0.3) is 10.9 Å². The van der Waals surface area contributed by atoms with E-state index < -0.39 is 15.9 Å². The number of pyridine rings is 1. The third kappa shape index (κ3) is 4.49. The molecule has 0 saturated carbocycles. The van der Waals surface area contributed by atoms with Crippen LogP contribution in [0.1, 0.15) is 10.4 Å². The van der Waals surface area contributed by atoms with Crippen LogP contribution >= 0.6 is 23.2 Å². The Bertz CT molecular complexity index is 1400. The summed E-state index contributed by atoms with van der Waals surface area (Å²) in [6.07, 6.45) is 1.60. The quantitative estimate of drug-likeness (QED) is 0.396. The van der Waals surface area contributed by atoms with Gasteiger partial charge in [-0.3, -0.25) is 14.5 Å². The first kappa shape index (κ1) is 21.1. The number of carbonyl (C=O) groups is 1. The number of nitrogens with zero attached hydrogens (tertiary/aromatic N) is 1. The van der Waals surface area contributed by atoms with E-state index in [1.54, 1.807) is 42.6 Å². The maximum atomic E-state index is 12.9. The largest absolute Gasteiger partial charge is 0.322 e. The Hall–Kier alpha value is -3.13. The van der Waals surface area contributed by atoms with Gasteiger partial charge in [-0.2, -0.15) is 0 Å². The number of rotatable bonds is 5. The number of amides is 1. The van der Waals surface area contributed by atoms with E-state index in [0.29, 0.717) is 11.1 Å². The molecule has 2 N–H and O–H groups in total. The SMILES string of the molecule is O=C(Nc1ccc(Cl)c(S(=O)(=O)Nc2ccccc2Cl)c1)c1cccc2cccnc12. The zero-order valence-corrected chi connectivity index (χ0v) is 18.2. The second-order valence-corrected chi connectivity index (χ2v) is 9.03. The van der Waals surface area contributed by atoms with Gasteiger partial charge in [0.25, 0.3) is 15.9 Å². The zero-order valence-electron chi connectivity index (χ0n) is 15.8. The van der Waals surface area contributed by atoms with Crippen LogP contribution in [0.5, 0.6) is 0 Å². The molecule has 4 aromatic rings. The molecular formula is C22H15Cl2N3O3S. The van der Waals surface area contributed by atoms with Crippen molar-refractivity contribution in [2.24, 2.45) is 0 Å². The standard InChI is InChI=1S/C22H15Cl2N3O3S/c23-17-8-1-2-9-19(17)27-31(29,30)20-13-15(10-11-18(20)24)26-22(28)16-7-3-5-14-6-4-12-25-21(14)16/h1-13,27H,(H,26,28). The monoisotopic (exact) mass is 471 g/mol. The molecule has 9 heteroatoms. The predicted octanol–water partition coefficient (Wildman–Crippen LogP) is 5.59. The van der Waals surface area contributed by atoms with Crippen LogP contribution in [0.2, 0.25) is 10.0 Å². The summed E-state index contributed by atoms with van der Waals surface area (Å²) < 4.78 is 28.2. The van der Waals surface area contributed by atoms with E-state index in [2.05, 4.69) is 15.0 Å². The summed E-state index contributed by atoms with van der Waals surface area (Å²) in [4.78, 5) is 16.9. The van der Waals surface area contributed by atoms with E-state index in [0.717, 1.165) is 5.39 Å². The van der Waals surface area contributed by atoms with E-state index >= 15 is 0 Å². The number of carbonyl (C=O) groups excluding carboxylic acids is 1. The molecule has 0 unspecified atom stereocenters. The Kier molecular flexibility index (Phi) is 5.82. The van der Waals surface area contributed by atoms with E-state index in [-0.39, 0.29) is 26.3 Å². The Labute approximate surface area is 188 Å². The summed E-state index contributed by atoms with van der Waals surface area (Å²) in [6.45, 7) is 0. The van der Waals surface area contributed by atoms with Crippen LogP contribution in [-0.4, -0.2) is 19.3 Å². The van der Waals surface area contributed by atoms with Gasteiger partial charge in [-0.1, -0.05) is 53.5 Å². The number of hydrogen-bond donors (Lipinski definition) is 2. The summed E-state index contributed by atoms with van der Waals surface area (Å²) >= 11 is 12.2. The lowest BCUT2D eigenvalue weighted by Crippen LogP contribution is -2.16. The molecular weight excluding hydrogens is 457 g/mol. The minimum absolute atomic E-state index is 0.00406. The topological polar surface area (TPSA) is 88.2 Å². The summed E-state index contributed by atoms with van der Waals surface area (Å²) in [5, 5.41) is 3.78. The van der Waals surface area contributed by atoms with Crippen LogP contribution in [0.15, 0.2) is 83.9 Å². The molecule has 0 aliphatic carbocycles. The molecule has 1 heterocycles. The summed E-state index contributed by atoms with van der Waals surface area (Å²) in [5.74, 6) is -0.422. The summed E-state index contributed by atoms with van der Waals surface area (Å²) in [7, 11) is -4.05. The third-order valence-corrected chi connectivity index (χ3v) is 6.65. The van der Waals surface area contributed by atoms with Crippen molar-refractivity contribution in [1.29, 1.82) is 0 Å². The van der Waals surface area contributed by atoms with Crippen molar-refractivity contribution in [2.45, 2.75) is 4.90 Å². The Balaban J connectivity index is 1.65. The number of nitrogens with one attached hydrogen (secondary N) is 2. The molecule has 31 heavy (non-hydrogen) atoms. The Morgan fingerprint density at radius 2 is 1.65 bits per heavy atom. The number of anilines is 2. The number of aromatic nitrogens is 1. The van der Waals surface area contributed by atoms with Gasteiger partial charge in [-0.05, 0) is 42.5 Å². The smallest absolute Gasteiger partial charge is 0.263 e. The summed E-state index contributed by atoms with van der Waals surface area (Å²) in [5.41, 5.74) is 1.40. The molecule has 6 nitrogen and oxygen atoms in total. The van der Waals surface area contributed by atoms with Gasteiger partial charge in [-0.15, -0.1) is 0 Å². The molecule has 4 rings (SSSR count). The van der Waals surface area contributed by atoms with E-state index in [9.17, 15) is 13.2 Å². The fraction of sp³-hybridized carbons (Fsp3) is 0. The first-order chi connectivity index (χ1) is 14.8. The highest BCUT2D eigenvalue weighted by molar-refractivity contribution is 7.92. The number of benzene rings is 3. The van der Waals surface area contributed by atoms with Gasteiger partial charge in [0.2, 0.25) is 0 Å². The van der Waals surface area contributed by atoms with Crippen LogP contribution in [-0.2, 0) is 10.0 Å². The third-order valence-electron chi connectivity index (χ3n) is 4.47. The molecule has 156 valence electrons. The molecule has 0 spiro atoms. The molecule has 0 atom stereocenters. The normalized spacial score (nSPS) is 11.3. The van der Waals surface area contributed by atoms with Gasteiger partial charge < -0.3 is 5.32 Å². The first-order valence-electron chi connectivity index (χ1n) is 9.07. The highest BCUT2D eigenvalue weighted by atomic mass is 35.5. The Morgan fingerprint density at radius 3 is 2.45 bits per heavy atom. The van der Waals surface area contributed by atoms with Crippen LogP contribution in [0.4, 0.5) is 11.4 Å². The first-order valence-corrected chi connectivity index (χ1v) is 11.3. The lowest BCUT2D eigenvalue weighted by molar-refractivity contribution is 0.102. The van der Waals surface area contributed by atoms with E-state index in [1.165, 1.54) is 24.3 Å². The molecule has 0 radical (unpaired) electrons. The Morgan fingerprint density at radius 1 is 0.871 bits per heavy atom. The minimum Gasteiger partial charge on any atom is -0.322 e. The van der Waals surface area contributed by atoms with Crippen LogP contribution in [0.3, 0.4) is 0 Å². The van der Waals surface area contributed by atoms with Crippen LogP contribution < -0.4 is 10.0 Å². The van der Waals surface area contributed by atoms with Gasteiger partial charge >= 0.3 is 0 Å². The van der Waals surface area contributed by atoms with Crippen LogP contribution in [0, 0.1) is 0 Å². The molecule has 1 amide bonds. The van der Waals surface area contributed by atoms with Gasteiger partial charge in [0, 0.05) is 17.3 Å². The molecule has 0 saturated heterocycles. The second-order valence-electron chi connectivity index (χ2n) is 6.57. The van der Waals surface area contributed by atoms with Gasteiger partial charge in [0.1, 0.15) is 4.90 Å². The van der Waals surface area contributed by atoms with Gasteiger partial charge in [0.05, 0.1) is 26.8 Å². The second kappa shape index (κ2) is 8.55. The zero-order chi connectivity index (χ0) is 22.0. The average Bonchev–Trinajstić information content (AvgIpc) is 2.76. The van der Waals surface area contributed by atoms with Crippen molar-refractivity contribution < 1.29 is 13.2 Å². The fourth-order valence-electron chi connectivity index (χ4n) is 3.02. The average molecular weight is 472 g/mol. The number of hydrogen-bond acceptors (Lipinski definition) is 4. The van der Waals surface area contributed by atoms with Crippen molar-refractivity contribution in [3.63, 3.8) is 0 Å². The molecule has 0 fully saturated rings. The maximum absolute atomic E-state index is 12.9. The molecule has 0 aliphatic heterocycles. The minimum atomic E-state index is -4.05. The van der Waals surface area contributed by atoms with Crippen molar-refractivity contribution in [1.82, 2.24) is 4.98 Å². The number of halogens is 2. The predicted molar refractivity (Wildman–Crippen MR) is 123 cm³/mol. The van der Waals surface area contributed by atoms with Crippen molar-refractivity contribution in [3.8, 4) is 0 Å². The van der Waals surface area contributed by atoms with E-state index in [1.807, 2.05) is 12.1 Å². The van der Waals surface area contributed by atoms with Crippen molar-refractivity contribution >= 4 is 61.4 Å². The fourth-order valence-corrected chi connectivity index (χ4v) is 4.86. The molecule has 0 aliphatic rings. The molecule has 3 aromatic carbocycles. The maximum Gasteiger partial charge on any atom is 0.263 e. The van der Waals surface area contributed by atoms with Crippen molar-refractivity contribution in [2.75, 3.05) is 10.0 Å². The van der Waals surface area contributed by atoms with Gasteiger partial charge in [-0.25, -0.2) is 8.42 Å². The lowest BCUT2D eigenvalue weighted by atomic mass is 10.1. The highest BCUT2D eigenvalue weighted by Gasteiger charge is 2.21. The lowest BCUT2D eigenvalue weighted by Gasteiger charge is -2.13. The van der Waals surface area contributed by atoms with Crippen molar-refractivity contribution in [3.05, 3.63) is 94.6 Å². The molecule has 1 aromatic heterocycles. The highest BCUT2D eigenvalue weighted by Crippen LogP contribution is 2.29.